The highest BCUT2D eigenvalue weighted by Crippen LogP contribution is 2.16. The van der Waals surface area contributed by atoms with Crippen LogP contribution in [0.3, 0.4) is 0 Å². The number of aliphatic hydroxyl groups is 1. The second-order valence-corrected chi connectivity index (χ2v) is 4.30. The molecule has 0 radical (unpaired) electrons. The minimum absolute atomic E-state index is 0.0654. The molecule has 18 heavy (non-hydrogen) atoms. The average molecular weight is 246 g/mol. The number of para-hydroxylation sites is 2. The number of carbonyl (C=O) groups is 1. The molecule has 0 fully saturated rings. The zero-order valence-corrected chi connectivity index (χ0v) is 10.6. The number of nitrogens with zero attached hydrogens (tertiary/aromatic N) is 2. The molecule has 0 aliphatic carbocycles. The number of hydrogen-bond donors (Lipinski definition) is 1. The molecule has 96 valence electrons. The highest BCUT2D eigenvalue weighted by atomic mass is 16.3. The fourth-order valence-corrected chi connectivity index (χ4v) is 2.15. The number of Topliss-reactive ketones (excluding diaryl/α,β-unsaturated/α-hetero) is 1. The van der Waals surface area contributed by atoms with E-state index in [9.17, 15) is 4.79 Å². The summed E-state index contributed by atoms with van der Waals surface area (Å²) in [5, 5.41) is 8.72. The van der Waals surface area contributed by atoms with E-state index >= 15 is 0 Å². The first-order valence-electron chi connectivity index (χ1n) is 6.33. The largest absolute Gasteiger partial charge is 0.396 e. The number of aromatic nitrogens is 2. The maximum absolute atomic E-state index is 11.8. The van der Waals surface area contributed by atoms with Crippen molar-refractivity contribution in [3.05, 3.63) is 30.1 Å². The summed E-state index contributed by atoms with van der Waals surface area (Å²) in [7, 11) is 0. The average Bonchev–Trinajstić information content (AvgIpc) is 2.73. The molecule has 1 N–H and O–H groups in total. The number of imidazole rings is 1. The molecule has 0 spiro atoms. The van der Waals surface area contributed by atoms with Gasteiger partial charge in [-0.15, -0.1) is 0 Å². The van der Waals surface area contributed by atoms with E-state index in [-0.39, 0.29) is 12.4 Å². The molecule has 2 aromatic rings. The van der Waals surface area contributed by atoms with Crippen LogP contribution in [0.15, 0.2) is 24.3 Å². The Morgan fingerprint density at radius 2 is 2.17 bits per heavy atom. The molecule has 4 heteroatoms. The van der Waals surface area contributed by atoms with Gasteiger partial charge in [-0.1, -0.05) is 12.1 Å². The predicted molar refractivity (Wildman–Crippen MR) is 70.4 cm³/mol. The van der Waals surface area contributed by atoms with E-state index < -0.39 is 0 Å². The van der Waals surface area contributed by atoms with Crippen LogP contribution in [-0.4, -0.2) is 27.0 Å². The van der Waals surface area contributed by atoms with E-state index in [0.29, 0.717) is 19.3 Å². The maximum Gasteiger partial charge on any atom is 0.140 e. The summed E-state index contributed by atoms with van der Waals surface area (Å²) in [6, 6.07) is 7.91. The van der Waals surface area contributed by atoms with Crippen molar-refractivity contribution in [3.63, 3.8) is 0 Å². The van der Waals surface area contributed by atoms with Gasteiger partial charge in [0.15, 0.2) is 0 Å². The Hall–Kier alpha value is -1.68. The van der Waals surface area contributed by atoms with E-state index in [1.165, 1.54) is 0 Å². The minimum atomic E-state index is 0.0654. The number of aryl methyl sites for hydroxylation is 1. The van der Waals surface area contributed by atoms with Gasteiger partial charge in [0.2, 0.25) is 0 Å². The monoisotopic (exact) mass is 246 g/mol. The van der Waals surface area contributed by atoms with Crippen LogP contribution in [-0.2, 0) is 17.8 Å². The first-order valence-corrected chi connectivity index (χ1v) is 6.33. The van der Waals surface area contributed by atoms with Gasteiger partial charge in [-0.2, -0.15) is 0 Å². The Balaban J connectivity index is 2.24. The smallest absolute Gasteiger partial charge is 0.140 e. The highest BCUT2D eigenvalue weighted by molar-refractivity contribution is 5.82. The summed E-state index contributed by atoms with van der Waals surface area (Å²) >= 11 is 0. The fraction of sp³-hybridized carbons (Fsp3) is 0.429. The molecule has 0 aliphatic heterocycles. The van der Waals surface area contributed by atoms with Gasteiger partial charge >= 0.3 is 0 Å². The molecule has 0 saturated heterocycles. The van der Waals surface area contributed by atoms with Gasteiger partial charge < -0.3 is 9.67 Å². The van der Waals surface area contributed by atoms with Gasteiger partial charge in [-0.3, -0.25) is 4.79 Å². The number of benzene rings is 1. The molecule has 0 atom stereocenters. The normalized spacial score (nSPS) is 11.0. The number of rotatable bonds is 6. The Morgan fingerprint density at radius 1 is 1.39 bits per heavy atom. The Morgan fingerprint density at radius 3 is 2.89 bits per heavy atom. The van der Waals surface area contributed by atoms with Gasteiger partial charge in [0.25, 0.3) is 0 Å². The molecule has 0 saturated carbocycles. The lowest BCUT2D eigenvalue weighted by atomic mass is 10.1. The summed E-state index contributed by atoms with van der Waals surface area (Å²) in [6.07, 6.45) is 1.30. The molecule has 1 heterocycles. The Kier molecular flexibility index (Phi) is 4.10. The first-order chi connectivity index (χ1) is 8.76. The topological polar surface area (TPSA) is 55.1 Å². The van der Waals surface area contributed by atoms with Gasteiger partial charge in [0, 0.05) is 19.6 Å². The van der Waals surface area contributed by atoms with E-state index in [1.807, 2.05) is 24.3 Å². The molecule has 1 aromatic heterocycles. The molecule has 2 rings (SSSR count). The summed E-state index contributed by atoms with van der Waals surface area (Å²) in [4.78, 5) is 16.3. The van der Waals surface area contributed by atoms with Gasteiger partial charge in [0.1, 0.15) is 11.6 Å². The third-order valence-corrected chi connectivity index (χ3v) is 3.02. The molecule has 1 aromatic carbocycles. The Labute approximate surface area is 106 Å². The number of ketones is 1. The summed E-state index contributed by atoms with van der Waals surface area (Å²) < 4.78 is 2.08. The molecule has 0 amide bonds. The second-order valence-electron chi connectivity index (χ2n) is 4.30. The van der Waals surface area contributed by atoms with Gasteiger partial charge in [0.05, 0.1) is 17.5 Å². The lowest BCUT2D eigenvalue weighted by molar-refractivity contribution is -0.118. The number of fused-ring (bicyclic) bond motifs is 1. The van der Waals surface area contributed by atoms with Crippen LogP contribution in [0.5, 0.6) is 0 Å². The molecular formula is C14H18N2O2. The van der Waals surface area contributed by atoms with Crippen LogP contribution in [0.25, 0.3) is 11.0 Å². The molecule has 0 unspecified atom stereocenters. The third kappa shape index (κ3) is 2.59. The summed E-state index contributed by atoms with van der Waals surface area (Å²) in [5.74, 6) is 0.954. The Bertz CT molecular complexity index is 546. The van der Waals surface area contributed by atoms with E-state index in [4.69, 9.17) is 5.11 Å². The van der Waals surface area contributed by atoms with Crippen LogP contribution < -0.4 is 0 Å². The van der Waals surface area contributed by atoms with Crippen molar-refractivity contribution >= 4 is 16.8 Å². The molecular weight excluding hydrogens is 228 g/mol. The number of carbonyl (C=O) groups excluding carboxylic acids is 1. The van der Waals surface area contributed by atoms with Crippen molar-refractivity contribution in [3.8, 4) is 0 Å². The SMILES string of the molecule is CCn1c(CC(=O)CCCO)nc2ccccc21. The molecule has 0 bridgehead atoms. The zero-order chi connectivity index (χ0) is 13.0. The van der Waals surface area contributed by atoms with Crippen molar-refractivity contribution in [2.45, 2.75) is 32.7 Å². The van der Waals surface area contributed by atoms with E-state index in [0.717, 1.165) is 23.4 Å². The van der Waals surface area contributed by atoms with Crippen molar-refractivity contribution < 1.29 is 9.90 Å². The van der Waals surface area contributed by atoms with Crippen molar-refractivity contribution in [2.24, 2.45) is 0 Å². The first kappa shape index (κ1) is 12.8. The standard InChI is InChI=1S/C14H18N2O2/c1-2-16-13-8-4-3-7-12(13)15-14(16)10-11(18)6-5-9-17/h3-4,7-8,17H,2,5-6,9-10H2,1H3. The van der Waals surface area contributed by atoms with Crippen LogP contribution in [0.4, 0.5) is 0 Å². The second kappa shape index (κ2) is 5.78. The van der Waals surface area contributed by atoms with Crippen molar-refractivity contribution in [1.82, 2.24) is 9.55 Å². The lowest BCUT2D eigenvalue weighted by Crippen LogP contribution is -2.09. The van der Waals surface area contributed by atoms with Gasteiger partial charge in [-0.25, -0.2) is 4.98 Å². The quantitative estimate of drug-likeness (QED) is 0.847. The predicted octanol–water partition coefficient (Wildman–Crippen LogP) is 1.94. The van der Waals surface area contributed by atoms with E-state index in [1.54, 1.807) is 0 Å². The minimum Gasteiger partial charge on any atom is -0.396 e. The van der Waals surface area contributed by atoms with Crippen LogP contribution in [0.2, 0.25) is 0 Å². The third-order valence-electron chi connectivity index (χ3n) is 3.02. The number of aliphatic hydroxyl groups excluding tert-OH is 1. The van der Waals surface area contributed by atoms with Crippen molar-refractivity contribution in [2.75, 3.05) is 6.61 Å². The summed E-state index contributed by atoms with van der Waals surface area (Å²) in [6.45, 7) is 2.93. The van der Waals surface area contributed by atoms with Gasteiger partial charge in [-0.05, 0) is 25.5 Å². The van der Waals surface area contributed by atoms with Crippen molar-refractivity contribution in [1.29, 1.82) is 0 Å². The number of hydrogen-bond acceptors (Lipinski definition) is 3. The maximum atomic E-state index is 11.8. The highest BCUT2D eigenvalue weighted by Gasteiger charge is 2.12. The fourth-order valence-electron chi connectivity index (χ4n) is 2.15. The summed E-state index contributed by atoms with van der Waals surface area (Å²) in [5.41, 5.74) is 2.01. The lowest BCUT2D eigenvalue weighted by Gasteiger charge is -2.05. The van der Waals surface area contributed by atoms with Crippen LogP contribution in [0.1, 0.15) is 25.6 Å². The van der Waals surface area contributed by atoms with Crippen LogP contribution >= 0.6 is 0 Å². The molecule has 0 aliphatic rings. The molecule has 4 nitrogen and oxygen atoms in total. The zero-order valence-electron chi connectivity index (χ0n) is 10.6. The van der Waals surface area contributed by atoms with Crippen LogP contribution in [0, 0.1) is 0 Å². The van der Waals surface area contributed by atoms with E-state index in [2.05, 4.69) is 16.5 Å².